The van der Waals surface area contributed by atoms with Gasteiger partial charge in [0.25, 0.3) is 5.91 Å². The van der Waals surface area contributed by atoms with E-state index in [4.69, 9.17) is 0 Å². The fraction of sp³-hybridized carbons (Fsp3) is 0.500. The van der Waals surface area contributed by atoms with Crippen LogP contribution in [0.15, 0.2) is 18.6 Å². The second-order valence-corrected chi connectivity index (χ2v) is 5.44. The van der Waals surface area contributed by atoms with Crippen molar-refractivity contribution in [2.24, 2.45) is 7.05 Å². The number of aromatic amines is 1. The zero-order valence-corrected chi connectivity index (χ0v) is 11.8. The molecule has 0 spiro atoms. The van der Waals surface area contributed by atoms with Gasteiger partial charge in [0.15, 0.2) is 0 Å². The molecule has 0 saturated carbocycles. The monoisotopic (exact) mass is 273 g/mol. The van der Waals surface area contributed by atoms with Crippen LogP contribution in [0.5, 0.6) is 0 Å². The average Bonchev–Trinajstić information content (AvgIpc) is 3.07. The molecule has 0 aliphatic carbocycles. The maximum atomic E-state index is 12.4. The van der Waals surface area contributed by atoms with Crippen molar-refractivity contribution >= 4 is 5.91 Å². The van der Waals surface area contributed by atoms with Crippen LogP contribution < -0.4 is 0 Å². The Labute approximate surface area is 117 Å². The van der Waals surface area contributed by atoms with Crippen molar-refractivity contribution in [3.05, 3.63) is 35.7 Å². The predicted octanol–water partition coefficient (Wildman–Crippen LogP) is 1.47. The number of carbonyl (C=O) groups is 1. The van der Waals surface area contributed by atoms with Gasteiger partial charge in [0, 0.05) is 44.1 Å². The summed E-state index contributed by atoms with van der Waals surface area (Å²) in [4.78, 5) is 22.0. The van der Waals surface area contributed by atoms with Crippen LogP contribution in [0.3, 0.4) is 0 Å². The number of imidazole rings is 1. The Bertz CT molecular complexity index is 615. The first-order chi connectivity index (χ1) is 9.63. The quantitative estimate of drug-likeness (QED) is 0.901. The summed E-state index contributed by atoms with van der Waals surface area (Å²) in [6, 6.07) is 0. The number of amides is 1. The van der Waals surface area contributed by atoms with Crippen LogP contribution in [0.1, 0.15) is 40.6 Å². The van der Waals surface area contributed by atoms with Gasteiger partial charge in [-0.3, -0.25) is 9.48 Å². The second kappa shape index (κ2) is 5.11. The summed E-state index contributed by atoms with van der Waals surface area (Å²) in [6.07, 6.45) is 7.32. The van der Waals surface area contributed by atoms with Crippen LogP contribution >= 0.6 is 0 Å². The largest absolute Gasteiger partial charge is 0.346 e. The minimum atomic E-state index is 0.0612. The van der Waals surface area contributed by atoms with E-state index in [9.17, 15) is 4.79 Å². The lowest BCUT2D eigenvalue weighted by Crippen LogP contribution is -2.39. The molecule has 1 fully saturated rings. The Morgan fingerprint density at radius 1 is 1.45 bits per heavy atom. The first kappa shape index (κ1) is 12.9. The summed E-state index contributed by atoms with van der Waals surface area (Å²) in [5.41, 5.74) is 1.72. The molecule has 6 heteroatoms. The van der Waals surface area contributed by atoms with Crippen LogP contribution in [-0.2, 0) is 7.05 Å². The van der Waals surface area contributed by atoms with Crippen LogP contribution in [-0.4, -0.2) is 43.6 Å². The molecule has 0 bridgehead atoms. The number of hydrogen-bond donors (Lipinski definition) is 1. The number of carbonyl (C=O) groups excluding carboxylic acids is 1. The highest BCUT2D eigenvalue weighted by molar-refractivity contribution is 5.93. The van der Waals surface area contributed by atoms with E-state index in [1.807, 2.05) is 25.1 Å². The van der Waals surface area contributed by atoms with E-state index in [-0.39, 0.29) is 5.91 Å². The van der Waals surface area contributed by atoms with Gasteiger partial charge in [-0.25, -0.2) is 4.98 Å². The molecule has 1 N–H and O–H groups in total. The topological polar surface area (TPSA) is 66.8 Å². The van der Waals surface area contributed by atoms with Crippen LogP contribution in [0.2, 0.25) is 0 Å². The summed E-state index contributed by atoms with van der Waals surface area (Å²) in [5.74, 6) is 1.36. The summed E-state index contributed by atoms with van der Waals surface area (Å²) < 4.78 is 1.66. The molecule has 1 aliphatic rings. The molecule has 2 aromatic heterocycles. The zero-order valence-electron chi connectivity index (χ0n) is 11.8. The maximum absolute atomic E-state index is 12.4. The van der Waals surface area contributed by atoms with Crippen molar-refractivity contribution in [3.63, 3.8) is 0 Å². The number of aromatic nitrogens is 4. The number of nitrogens with zero attached hydrogens (tertiary/aromatic N) is 4. The summed E-state index contributed by atoms with van der Waals surface area (Å²) in [7, 11) is 1.82. The van der Waals surface area contributed by atoms with Crippen molar-refractivity contribution < 1.29 is 4.79 Å². The molecule has 3 rings (SSSR count). The first-order valence-corrected chi connectivity index (χ1v) is 6.93. The minimum absolute atomic E-state index is 0.0612. The standard InChI is InChI=1S/C14H19N5O/c1-10-6-15-13(17-10)11-4-3-5-19(9-11)14(20)12-7-16-18(2)8-12/h6-8,11H,3-5,9H2,1-2H3,(H,15,17)/t11-/m1/s1. The molecule has 6 nitrogen and oxygen atoms in total. The van der Waals surface area contributed by atoms with E-state index in [0.717, 1.165) is 37.4 Å². The van der Waals surface area contributed by atoms with Crippen molar-refractivity contribution in [1.82, 2.24) is 24.6 Å². The first-order valence-electron chi connectivity index (χ1n) is 6.93. The van der Waals surface area contributed by atoms with E-state index < -0.39 is 0 Å². The third kappa shape index (κ3) is 2.45. The van der Waals surface area contributed by atoms with Gasteiger partial charge in [-0.2, -0.15) is 5.10 Å². The molecule has 1 saturated heterocycles. The Kier molecular flexibility index (Phi) is 3.30. The molecule has 0 unspecified atom stereocenters. The van der Waals surface area contributed by atoms with Crippen LogP contribution in [0.25, 0.3) is 0 Å². The lowest BCUT2D eigenvalue weighted by atomic mass is 9.97. The van der Waals surface area contributed by atoms with E-state index in [0.29, 0.717) is 11.5 Å². The molecule has 106 valence electrons. The van der Waals surface area contributed by atoms with Gasteiger partial charge in [0.2, 0.25) is 0 Å². The summed E-state index contributed by atoms with van der Waals surface area (Å²) >= 11 is 0. The minimum Gasteiger partial charge on any atom is -0.346 e. The predicted molar refractivity (Wildman–Crippen MR) is 74.4 cm³/mol. The van der Waals surface area contributed by atoms with Gasteiger partial charge in [0.05, 0.1) is 11.8 Å². The van der Waals surface area contributed by atoms with E-state index >= 15 is 0 Å². The molecule has 3 heterocycles. The van der Waals surface area contributed by atoms with Crippen LogP contribution in [0, 0.1) is 6.92 Å². The van der Waals surface area contributed by atoms with E-state index in [1.165, 1.54) is 0 Å². The zero-order chi connectivity index (χ0) is 14.1. The van der Waals surface area contributed by atoms with E-state index in [1.54, 1.807) is 17.1 Å². The SMILES string of the molecule is Cc1cnc([C@@H]2CCCN(C(=O)c3cnn(C)c3)C2)[nH]1. The Hall–Kier alpha value is -2.11. The second-order valence-electron chi connectivity index (χ2n) is 5.44. The lowest BCUT2D eigenvalue weighted by Gasteiger charge is -2.31. The van der Waals surface area contributed by atoms with Gasteiger partial charge >= 0.3 is 0 Å². The number of H-pyrrole nitrogens is 1. The third-order valence-electron chi connectivity index (χ3n) is 3.77. The Balaban J connectivity index is 1.73. The maximum Gasteiger partial charge on any atom is 0.257 e. The van der Waals surface area contributed by atoms with Crippen molar-refractivity contribution in [2.75, 3.05) is 13.1 Å². The third-order valence-corrected chi connectivity index (χ3v) is 3.77. The number of rotatable bonds is 2. The molecule has 0 aromatic carbocycles. The molecular formula is C14H19N5O. The molecule has 1 aliphatic heterocycles. The normalized spacial score (nSPS) is 19.3. The van der Waals surface area contributed by atoms with E-state index in [2.05, 4.69) is 15.1 Å². The van der Waals surface area contributed by atoms with Gasteiger partial charge in [-0.05, 0) is 19.8 Å². The summed E-state index contributed by atoms with van der Waals surface area (Å²) in [5, 5.41) is 4.06. The smallest absolute Gasteiger partial charge is 0.257 e. The lowest BCUT2D eigenvalue weighted by molar-refractivity contribution is 0.0704. The Morgan fingerprint density at radius 2 is 2.30 bits per heavy atom. The Morgan fingerprint density at radius 3 is 2.95 bits per heavy atom. The molecule has 20 heavy (non-hydrogen) atoms. The number of likely N-dealkylation sites (tertiary alicyclic amines) is 1. The van der Waals surface area contributed by atoms with Crippen molar-refractivity contribution in [1.29, 1.82) is 0 Å². The van der Waals surface area contributed by atoms with Crippen molar-refractivity contribution in [2.45, 2.75) is 25.7 Å². The highest BCUT2D eigenvalue weighted by atomic mass is 16.2. The van der Waals surface area contributed by atoms with Gasteiger partial charge in [-0.15, -0.1) is 0 Å². The van der Waals surface area contributed by atoms with Gasteiger partial charge in [-0.1, -0.05) is 0 Å². The molecule has 1 atom stereocenters. The number of nitrogens with one attached hydrogen (secondary N) is 1. The molecule has 2 aromatic rings. The highest BCUT2D eigenvalue weighted by Crippen LogP contribution is 2.25. The van der Waals surface area contributed by atoms with Gasteiger partial charge < -0.3 is 9.88 Å². The number of piperidine rings is 1. The number of hydrogen-bond acceptors (Lipinski definition) is 3. The fourth-order valence-electron chi connectivity index (χ4n) is 2.74. The fourth-order valence-corrected chi connectivity index (χ4v) is 2.74. The van der Waals surface area contributed by atoms with Crippen molar-refractivity contribution in [3.8, 4) is 0 Å². The highest BCUT2D eigenvalue weighted by Gasteiger charge is 2.27. The van der Waals surface area contributed by atoms with Gasteiger partial charge in [0.1, 0.15) is 5.82 Å². The molecule has 1 amide bonds. The number of aryl methyl sites for hydroxylation is 2. The summed E-state index contributed by atoms with van der Waals surface area (Å²) in [6.45, 7) is 3.53. The average molecular weight is 273 g/mol. The molecule has 0 radical (unpaired) electrons. The van der Waals surface area contributed by atoms with Crippen LogP contribution in [0.4, 0.5) is 0 Å². The molecular weight excluding hydrogens is 254 g/mol.